The Bertz CT molecular complexity index is 913. The quantitative estimate of drug-likeness (QED) is 0.586. The first-order valence-electron chi connectivity index (χ1n) is 8.67. The number of amides is 1. The molecule has 0 aliphatic heterocycles. The third-order valence-corrected chi connectivity index (χ3v) is 4.40. The van der Waals surface area contributed by atoms with E-state index >= 15 is 0 Å². The molecule has 0 atom stereocenters. The maximum absolute atomic E-state index is 12.1. The number of carbonyl (C=O) groups is 1. The summed E-state index contributed by atoms with van der Waals surface area (Å²) in [7, 11) is 0. The molecule has 2 N–H and O–H groups in total. The fourth-order valence-electron chi connectivity index (χ4n) is 2.49. The van der Waals surface area contributed by atoms with E-state index in [-0.39, 0.29) is 12.5 Å². The monoisotopic (exact) mass is 380 g/mol. The van der Waals surface area contributed by atoms with Crippen molar-refractivity contribution in [2.75, 3.05) is 17.2 Å². The summed E-state index contributed by atoms with van der Waals surface area (Å²) < 4.78 is 5.80. The molecule has 27 heavy (non-hydrogen) atoms. The Labute approximate surface area is 164 Å². The van der Waals surface area contributed by atoms with Crippen molar-refractivity contribution in [1.29, 1.82) is 0 Å². The standard InChI is InChI=1S/C22H21ClN2O2/c1-16-10-11-19(13-21(16)23)25-22(26)14-24-18-8-5-9-20(12-18)27-15-17-6-3-2-4-7-17/h2-13,24H,14-15H2,1H3,(H,25,26). The normalized spacial score (nSPS) is 10.3. The van der Waals surface area contributed by atoms with Crippen LogP contribution < -0.4 is 15.4 Å². The van der Waals surface area contributed by atoms with Crippen LogP contribution in [0.4, 0.5) is 11.4 Å². The number of hydrogen-bond acceptors (Lipinski definition) is 3. The van der Waals surface area contributed by atoms with Crippen molar-refractivity contribution in [1.82, 2.24) is 0 Å². The molecule has 4 nitrogen and oxygen atoms in total. The summed E-state index contributed by atoms with van der Waals surface area (Å²) in [6.07, 6.45) is 0. The summed E-state index contributed by atoms with van der Waals surface area (Å²) in [6, 6.07) is 23.0. The number of halogens is 1. The van der Waals surface area contributed by atoms with E-state index in [2.05, 4.69) is 10.6 Å². The van der Waals surface area contributed by atoms with Crippen LogP contribution in [0, 0.1) is 6.92 Å². The first-order valence-corrected chi connectivity index (χ1v) is 9.04. The zero-order valence-electron chi connectivity index (χ0n) is 15.0. The Morgan fingerprint density at radius 3 is 2.56 bits per heavy atom. The topological polar surface area (TPSA) is 50.4 Å². The molecule has 0 aromatic heterocycles. The first kappa shape index (κ1) is 18.8. The molecule has 0 spiro atoms. The summed E-state index contributed by atoms with van der Waals surface area (Å²) >= 11 is 6.08. The Morgan fingerprint density at radius 1 is 0.963 bits per heavy atom. The highest BCUT2D eigenvalue weighted by Crippen LogP contribution is 2.20. The van der Waals surface area contributed by atoms with Crippen molar-refractivity contribution in [3.05, 3.63) is 88.9 Å². The number of benzene rings is 3. The second-order valence-electron chi connectivity index (χ2n) is 6.17. The predicted octanol–water partition coefficient (Wildman–Crippen LogP) is 5.28. The van der Waals surface area contributed by atoms with Gasteiger partial charge >= 0.3 is 0 Å². The van der Waals surface area contributed by atoms with E-state index in [9.17, 15) is 4.79 Å². The van der Waals surface area contributed by atoms with Gasteiger partial charge in [-0.3, -0.25) is 4.79 Å². The highest BCUT2D eigenvalue weighted by molar-refractivity contribution is 6.31. The Balaban J connectivity index is 1.51. The van der Waals surface area contributed by atoms with Crippen molar-refractivity contribution >= 4 is 28.9 Å². The molecule has 3 aromatic carbocycles. The van der Waals surface area contributed by atoms with Crippen LogP contribution in [0.3, 0.4) is 0 Å². The van der Waals surface area contributed by atoms with E-state index in [1.54, 1.807) is 6.07 Å². The highest BCUT2D eigenvalue weighted by atomic mass is 35.5. The molecular formula is C22H21ClN2O2. The van der Waals surface area contributed by atoms with E-state index < -0.39 is 0 Å². The molecule has 0 saturated heterocycles. The second kappa shape index (κ2) is 9.10. The number of nitrogens with one attached hydrogen (secondary N) is 2. The lowest BCUT2D eigenvalue weighted by Crippen LogP contribution is -2.21. The van der Waals surface area contributed by atoms with E-state index in [0.717, 1.165) is 22.6 Å². The van der Waals surface area contributed by atoms with Gasteiger partial charge in [0.15, 0.2) is 0 Å². The molecular weight excluding hydrogens is 360 g/mol. The van der Waals surface area contributed by atoms with Gasteiger partial charge in [-0.25, -0.2) is 0 Å². The average molecular weight is 381 g/mol. The fraction of sp³-hybridized carbons (Fsp3) is 0.136. The number of aryl methyl sites for hydroxylation is 1. The molecule has 3 rings (SSSR count). The summed E-state index contributed by atoms with van der Waals surface area (Å²) in [4.78, 5) is 12.1. The maximum Gasteiger partial charge on any atom is 0.243 e. The number of rotatable bonds is 7. The van der Waals surface area contributed by atoms with Crippen LogP contribution in [0.2, 0.25) is 5.02 Å². The summed E-state index contributed by atoms with van der Waals surface area (Å²) in [5.41, 5.74) is 3.57. The van der Waals surface area contributed by atoms with Crippen LogP contribution in [-0.2, 0) is 11.4 Å². The van der Waals surface area contributed by atoms with Crippen molar-refractivity contribution in [3.63, 3.8) is 0 Å². The first-order chi connectivity index (χ1) is 13.1. The van der Waals surface area contributed by atoms with Crippen LogP contribution in [0.1, 0.15) is 11.1 Å². The van der Waals surface area contributed by atoms with Gasteiger partial charge in [0.25, 0.3) is 0 Å². The lowest BCUT2D eigenvalue weighted by atomic mass is 10.2. The van der Waals surface area contributed by atoms with Crippen LogP contribution in [0.15, 0.2) is 72.8 Å². The molecule has 0 saturated carbocycles. The lowest BCUT2D eigenvalue weighted by Gasteiger charge is -2.11. The Morgan fingerprint density at radius 2 is 1.78 bits per heavy atom. The number of ether oxygens (including phenoxy) is 1. The third-order valence-electron chi connectivity index (χ3n) is 3.99. The number of anilines is 2. The Hall–Kier alpha value is -2.98. The molecule has 5 heteroatoms. The van der Waals surface area contributed by atoms with Gasteiger partial charge in [0, 0.05) is 22.5 Å². The molecule has 0 unspecified atom stereocenters. The van der Waals surface area contributed by atoms with E-state index in [0.29, 0.717) is 17.3 Å². The van der Waals surface area contributed by atoms with Crippen molar-refractivity contribution in [3.8, 4) is 5.75 Å². The van der Waals surface area contributed by atoms with Crippen LogP contribution in [0.5, 0.6) is 5.75 Å². The van der Waals surface area contributed by atoms with E-state index in [1.165, 1.54) is 0 Å². The minimum absolute atomic E-state index is 0.146. The summed E-state index contributed by atoms with van der Waals surface area (Å²) in [6.45, 7) is 2.56. The van der Waals surface area contributed by atoms with Crippen LogP contribution in [0.25, 0.3) is 0 Å². The smallest absolute Gasteiger partial charge is 0.243 e. The van der Waals surface area contributed by atoms with Crippen molar-refractivity contribution < 1.29 is 9.53 Å². The SMILES string of the molecule is Cc1ccc(NC(=O)CNc2cccc(OCc3ccccc3)c2)cc1Cl. The highest BCUT2D eigenvalue weighted by Gasteiger charge is 2.05. The van der Waals surface area contributed by atoms with Crippen molar-refractivity contribution in [2.24, 2.45) is 0 Å². The third kappa shape index (κ3) is 5.76. The molecule has 3 aromatic rings. The van der Waals surface area contributed by atoms with Gasteiger partial charge in [-0.05, 0) is 42.3 Å². The van der Waals surface area contributed by atoms with Crippen LogP contribution >= 0.6 is 11.6 Å². The Kier molecular flexibility index (Phi) is 6.34. The van der Waals surface area contributed by atoms with Gasteiger partial charge in [0.05, 0.1) is 6.54 Å². The van der Waals surface area contributed by atoms with Crippen molar-refractivity contribution in [2.45, 2.75) is 13.5 Å². The minimum atomic E-state index is -0.148. The lowest BCUT2D eigenvalue weighted by molar-refractivity contribution is -0.114. The van der Waals surface area contributed by atoms with Gasteiger partial charge < -0.3 is 15.4 Å². The molecule has 0 bridgehead atoms. The summed E-state index contributed by atoms with van der Waals surface area (Å²) in [5, 5.41) is 6.56. The van der Waals surface area contributed by atoms with Gasteiger partial charge in [0.2, 0.25) is 5.91 Å². The molecule has 0 fully saturated rings. The fourth-order valence-corrected chi connectivity index (χ4v) is 2.68. The zero-order chi connectivity index (χ0) is 19.1. The number of hydrogen-bond donors (Lipinski definition) is 2. The molecule has 138 valence electrons. The molecule has 0 aliphatic rings. The molecule has 0 heterocycles. The zero-order valence-corrected chi connectivity index (χ0v) is 15.8. The maximum atomic E-state index is 12.1. The van der Waals surface area contributed by atoms with Gasteiger partial charge in [-0.15, -0.1) is 0 Å². The molecule has 1 amide bonds. The van der Waals surface area contributed by atoms with Gasteiger partial charge in [0.1, 0.15) is 12.4 Å². The van der Waals surface area contributed by atoms with E-state index in [4.69, 9.17) is 16.3 Å². The largest absolute Gasteiger partial charge is 0.489 e. The van der Waals surface area contributed by atoms with E-state index in [1.807, 2.05) is 73.7 Å². The van der Waals surface area contributed by atoms with Gasteiger partial charge in [-0.1, -0.05) is 54.1 Å². The average Bonchev–Trinajstić information content (AvgIpc) is 2.69. The molecule has 0 radical (unpaired) electrons. The number of carbonyl (C=O) groups excluding carboxylic acids is 1. The van der Waals surface area contributed by atoms with Gasteiger partial charge in [-0.2, -0.15) is 0 Å². The van der Waals surface area contributed by atoms with Crippen LogP contribution in [-0.4, -0.2) is 12.5 Å². The minimum Gasteiger partial charge on any atom is -0.489 e. The summed E-state index contributed by atoms with van der Waals surface area (Å²) in [5.74, 6) is 0.597. The predicted molar refractivity (Wildman–Crippen MR) is 111 cm³/mol. The molecule has 0 aliphatic carbocycles. The second-order valence-corrected chi connectivity index (χ2v) is 6.57.